The molecule has 1 aromatic rings. The third-order valence-corrected chi connectivity index (χ3v) is 4.53. The highest BCUT2D eigenvalue weighted by atomic mass is 35.5. The summed E-state index contributed by atoms with van der Waals surface area (Å²) in [5, 5.41) is 2.79. The number of hydrogen-bond donors (Lipinski definition) is 2. The summed E-state index contributed by atoms with van der Waals surface area (Å²) < 4.78 is 5.23. The van der Waals surface area contributed by atoms with Crippen molar-refractivity contribution in [2.24, 2.45) is 11.7 Å². The highest BCUT2D eigenvalue weighted by Gasteiger charge is 2.35. The average molecular weight is 370 g/mol. The molecule has 3 unspecified atom stereocenters. The number of methoxy groups -OCH3 is 1. The van der Waals surface area contributed by atoms with E-state index in [1.165, 1.54) is 6.92 Å². The van der Waals surface area contributed by atoms with Crippen LogP contribution in [0.5, 0.6) is 5.75 Å². The number of hydrogen-bond acceptors (Lipinski definition) is 4. The molecule has 2 rings (SSSR count). The molecule has 0 aliphatic carbocycles. The number of carbonyl (C=O) groups is 2. The minimum atomic E-state index is -0.575. The molecule has 1 saturated heterocycles. The van der Waals surface area contributed by atoms with Gasteiger partial charge in [0.1, 0.15) is 11.8 Å². The van der Waals surface area contributed by atoms with Crippen LogP contribution in [0.1, 0.15) is 25.8 Å². The first kappa shape index (κ1) is 21.3. The molecule has 0 radical (unpaired) electrons. The van der Waals surface area contributed by atoms with Crippen LogP contribution in [0.4, 0.5) is 0 Å². The van der Waals surface area contributed by atoms with Gasteiger partial charge in [-0.3, -0.25) is 9.59 Å². The second kappa shape index (κ2) is 9.63. The van der Waals surface area contributed by atoms with Crippen LogP contribution in [-0.4, -0.2) is 49.0 Å². The Balaban J connectivity index is 0.00000312. The molecule has 0 aromatic heterocycles. The molecule has 0 saturated carbocycles. The van der Waals surface area contributed by atoms with Crippen LogP contribution in [0.3, 0.4) is 0 Å². The van der Waals surface area contributed by atoms with Crippen molar-refractivity contribution in [3.63, 3.8) is 0 Å². The highest BCUT2D eigenvalue weighted by Crippen LogP contribution is 2.24. The largest absolute Gasteiger partial charge is 0.497 e. The average Bonchev–Trinajstić information content (AvgIpc) is 2.94. The Morgan fingerprint density at radius 2 is 2.16 bits per heavy atom. The van der Waals surface area contributed by atoms with Gasteiger partial charge in [0.15, 0.2) is 0 Å². The number of nitrogens with one attached hydrogen (secondary N) is 1. The number of nitrogens with two attached hydrogens (primary N) is 1. The number of carbonyl (C=O) groups excluding carboxylic acids is 2. The molecule has 1 aliphatic heterocycles. The van der Waals surface area contributed by atoms with E-state index >= 15 is 0 Å². The van der Waals surface area contributed by atoms with Crippen LogP contribution in [-0.2, 0) is 16.0 Å². The van der Waals surface area contributed by atoms with E-state index in [4.69, 9.17) is 10.5 Å². The molecular formula is C18H28ClN3O3. The fourth-order valence-corrected chi connectivity index (χ4v) is 3.30. The summed E-state index contributed by atoms with van der Waals surface area (Å²) in [6.45, 7) is 4.70. The zero-order chi connectivity index (χ0) is 17.7. The quantitative estimate of drug-likeness (QED) is 0.792. The van der Waals surface area contributed by atoms with Gasteiger partial charge in [-0.05, 0) is 43.5 Å². The van der Waals surface area contributed by atoms with E-state index in [1.807, 2.05) is 36.1 Å². The maximum absolute atomic E-state index is 13.0. The molecule has 140 valence electrons. The third-order valence-electron chi connectivity index (χ3n) is 4.53. The van der Waals surface area contributed by atoms with Gasteiger partial charge in [0, 0.05) is 25.9 Å². The predicted octanol–water partition coefficient (Wildman–Crippen LogP) is 1.36. The lowest BCUT2D eigenvalue weighted by Gasteiger charge is -2.27. The van der Waals surface area contributed by atoms with Crippen molar-refractivity contribution in [3.8, 4) is 5.75 Å². The SMILES string of the molecule is COc1cccc(CC(NC(C)=O)C(=O)N2CC(CN)CC2C)c1.Cl. The van der Waals surface area contributed by atoms with E-state index in [9.17, 15) is 9.59 Å². The second-order valence-electron chi connectivity index (χ2n) is 6.49. The van der Waals surface area contributed by atoms with Crippen LogP contribution >= 0.6 is 12.4 Å². The standard InChI is InChI=1S/C18H27N3O3.ClH/c1-12-7-15(10-19)11-21(12)18(23)17(20-13(2)22)9-14-5-4-6-16(8-14)24-3;/h4-6,8,12,15,17H,7,9-11,19H2,1-3H3,(H,20,22);1H. The first-order valence-electron chi connectivity index (χ1n) is 8.35. The molecule has 0 spiro atoms. The first-order chi connectivity index (χ1) is 11.4. The Labute approximate surface area is 155 Å². The van der Waals surface area contributed by atoms with Crippen LogP contribution in [0.25, 0.3) is 0 Å². The summed E-state index contributed by atoms with van der Waals surface area (Å²) in [7, 11) is 1.61. The third kappa shape index (κ3) is 5.61. The molecule has 6 nitrogen and oxygen atoms in total. The van der Waals surface area contributed by atoms with Gasteiger partial charge in [0.2, 0.25) is 11.8 Å². The predicted molar refractivity (Wildman–Crippen MR) is 99.9 cm³/mol. The monoisotopic (exact) mass is 369 g/mol. The number of nitrogens with zero attached hydrogens (tertiary/aromatic N) is 1. The lowest BCUT2D eigenvalue weighted by atomic mass is 10.0. The van der Waals surface area contributed by atoms with Crippen LogP contribution < -0.4 is 15.8 Å². The molecule has 2 amide bonds. The molecule has 3 atom stereocenters. The fourth-order valence-electron chi connectivity index (χ4n) is 3.30. The zero-order valence-electron chi connectivity index (χ0n) is 15.0. The molecule has 1 fully saturated rings. The number of amides is 2. The summed E-state index contributed by atoms with van der Waals surface area (Å²) in [4.78, 5) is 26.4. The zero-order valence-corrected chi connectivity index (χ0v) is 15.8. The maximum atomic E-state index is 13.0. The minimum absolute atomic E-state index is 0. The van der Waals surface area contributed by atoms with Crippen molar-refractivity contribution < 1.29 is 14.3 Å². The van der Waals surface area contributed by atoms with Crippen molar-refractivity contribution in [1.29, 1.82) is 0 Å². The summed E-state index contributed by atoms with van der Waals surface area (Å²) in [5.74, 6) is 0.813. The van der Waals surface area contributed by atoms with Gasteiger partial charge in [-0.25, -0.2) is 0 Å². The molecule has 1 aliphatic rings. The number of ether oxygens (including phenoxy) is 1. The Morgan fingerprint density at radius 1 is 1.44 bits per heavy atom. The summed E-state index contributed by atoms with van der Waals surface area (Å²) >= 11 is 0. The lowest BCUT2D eigenvalue weighted by Crippen LogP contribution is -2.50. The van der Waals surface area contributed by atoms with E-state index in [2.05, 4.69) is 5.32 Å². The summed E-state index contributed by atoms with van der Waals surface area (Å²) in [5.41, 5.74) is 6.70. The van der Waals surface area contributed by atoms with Gasteiger partial charge in [-0.1, -0.05) is 12.1 Å². The van der Waals surface area contributed by atoms with Gasteiger partial charge in [-0.15, -0.1) is 12.4 Å². The highest BCUT2D eigenvalue weighted by molar-refractivity contribution is 5.87. The Hall–Kier alpha value is -1.79. The Bertz CT molecular complexity index is 597. The van der Waals surface area contributed by atoms with Gasteiger partial charge in [0.05, 0.1) is 7.11 Å². The normalized spacial score (nSPS) is 20.6. The fraction of sp³-hybridized carbons (Fsp3) is 0.556. The minimum Gasteiger partial charge on any atom is -0.497 e. The first-order valence-corrected chi connectivity index (χ1v) is 8.35. The lowest BCUT2D eigenvalue weighted by molar-refractivity contribution is -0.136. The molecule has 25 heavy (non-hydrogen) atoms. The van der Waals surface area contributed by atoms with Crippen molar-refractivity contribution in [3.05, 3.63) is 29.8 Å². The van der Waals surface area contributed by atoms with Crippen molar-refractivity contribution in [2.75, 3.05) is 20.2 Å². The Kier molecular flexibility index (Phi) is 8.19. The van der Waals surface area contributed by atoms with Crippen LogP contribution in [0.15, 0.2) is 24.3 Å². The van der Waals surface area contributed by atoms with Crippen LogP contribution in [0, 0.1) is 5.92 Å². The number of halogens is 1. The van der Waals surface area contributed by atoms with Gasteiger partial charge in [-0.2, -0.15) is 0 Å². The van der Waals surface area contributed by atoms with Gasteiger partial charge >= 0.3 is 0 Å². The molecule has 0 bridgehead atoms. The van der Waals surface area contributed by atoms with E-state index < -0.39 is 6.04 Å². The number of benzene rings is 1. The molecule has 7 heteroatoms. The van der Waals surface area contributed by atoms with E-state index in [0.29, 0.717) is 25.4 Å². The number of likely N-dealkylation sites (tertiary alicyclic amines) is 1. The summed E-state index contributed by atoms with van der Waals surface area (Å²) in [6.07, 6.45) is 1.35. The molecule has 1 heterocycles. The summed E-state index contributed by atoms with van der Waals surface area (Å²) in [6, 6.07) is 7.12. The van der Waals surface area contributed by atoms with Crippen molar-refractivity contribution in [2.45, 2.75) is 38.8 Å². The smallest absolute Gasteiger partial charge is 0.245 e. The van der Waals surface area contributed by atoms with Crippen LogP contribution in [0.2, 0.25) is 0 Å². The van der Waals surface area contributed by atoms with E-state index in [0.717, 1.165) is 17.7 Å². The van der Waals surface area contributed by atoms with Crippen molar-refractivity contribution in [1.82, 2.24) is 10.2 Å². The molecule has 3 N–H and O–H groups in total. The molecular weight excluding hydrogens is 342 g/mol. The number of rotatable bonds is 6. The Morgan fingerprint density at radius 3 is 2.72 bits per heavy atom. The molecule has 1 aromatic carbocycles. The van der Waals surface area contributed by atoms with Gasteiger partial charge < -0.3 is 20.7 Å². The van der Waals surface area contributed by atoms with Crippen molar-refractivity contribution >= 4 is 24.2 Å². The topological polar surface area (TPSA) is 84.7 Å². The van der Waals surface area contributed by atoms with Gasteiger partial charge in [0.25, 0.3) is 0 Å². The van der Waals surface area contributed by atoms with E-state index in [-0.39, 0.29) is 30.3 Å². The maximum Gasteiger partial charge on any atom is 0.245 e. The van der Waals surface area contributed by atoms with E-state index in [1.54, 1.807) is 7.11 Å². The second-order valence-corrected chi connectivity index (χ2v) is 6.49.